The number of benzene rings is 1. The van der Waals surface area contributed by atoms with E-state index in [0.717, 1.165) is 15.6 Å². The van der Waals surface area contributed by atoms with Gasteiger partial charge in [-0.25, -0.2) is 9.97 Å². The van der Waals surface area contributed by atoms with E-state index >= 15 is 0 Å². The van der Waals surface area contributed by atoms with Crippen molar-refractivity contribution >= 4 is 55.1 Å². The zero-order chi connectivity index (χ0) is 12.6. The largest absolute Gasteiger partial charge is 0.215 e. The summed E-state index contributed by atoms with van der Waals surface area (Å²) < 4.78 is 1.55. The highest BCUT2D eigenvalue weighted by Crippen LogP contribution is 2.30. The third-order valence-electron chi connectivity index (χ3n) is 2.19. The molecule has 0 aliphatic carbocycles. The highest BCUT2D eigenvalue weighted by atomic mass is 79.9. The summed E-state index contributed by atoms with van der Waals surface area (Å²) in [4.78, 5) is 8.36. The van der Waals surface area contributed by atoms with Crippen molar-refractivity contribution in [1.82, 2.24) is 9.97 Å². The van der Waals surface area contributed by atoms with E-state index in [4.69, 9.17) is 23.2 Å². The van der Waals surface area contributed by atoms with Gasteiger partial charge in [0.15, 0.2) is 5.82 Å². The van der Waals surface area contributed by atoms with Gasteiger partial charge in [0, 0.05) is 10.0 Å². The van der Waals surface area contributed by atoms with Gasteiger partial charge in [0.25, 0.3) is 0 Å². The molecule has 1 aromatic heterocycles. The highest BCUT2D eigenvalue weighted by Gasteiger charge is 2.11. The van der Waals surface area contributed by atoms with Crippen molar-refractivity contribution in [2.45, 2.75) is 6.92 Å². The predicted octanol–water partition coefficient (Wildman–Crippen LogP) is 5.28. The molecule has 0 aliphatic heterocycles. The lowest BCUT2D eigenvalue weighted by Crippen LogP contribution is -1.92. The first-order chi connectivity index (χ1) is 7.99. The van der Waals surface area contributed by atoms with Crippen molar-refractivity contribution in [3.63, 3.8) is 0 Å². The molecule has 0 atom stereocenters. The van der Waals surface area contributed by atoms with Gasteiger partial charge in [-0.15, -0.1) is 0 Å². The maximum absolute atomic E-state index is 5.95. The van der Waals surface area contributed by atoms with Crippen LogP contribution in [0.2, 0.25) is 10.3 Å². The molecule has 2 rings (SSSR count). The van der Waals surface area contributed by atoms with Crippen LogP contribution in [0, 0.1) is 6.92 Å². The van der Waals surface area contributed by atoms with Crippen LogP contribution in [0.3, 0.4) is 0 Å². The molecule has 88 valence electrons. The molecule has 0 fully saturated rings. The van der Waals surface area contributed by atoms with Gasteiger partial charge < -0.3 is 0 Å². The number of hydrogen-bond acceptors (Lipinski definition) is 2. The Bertz CT molecular complexity index is 565. The molecular weight excluding hydrogens is 391 g/mol. The summed E-state index contributed by atoms with van der Waals surface area (Å²) in [6.45, 7) is 2.00. The van der Waals surface area contributed by atoms with E-state index in [1.807, 2.05) is 25.1 Å². The first kappa shape index (κ1) is 13.3. The van der Waals surface area contributed by atoms with Crippen LogP contribution >= 0.6 is 55.1 Å². The Morgan fingerprint density at radius 1 is 1.06 bits per heavy atom. The van der Waals surface area contributed by atoms with E-state index in [1.165, 1.54) is 0 Å². The van der Waals surface area contributed by atoms with Crippen LogP contribution < -0.4 is 0 Å². The van der Waals surface area contributed by atoms with Crippen LogP contribution in [0.4, 0.5) is 0 Å². The van der Waals surface area contributed by atoms with Gasteiger partial charge >= 0.3 is 0 Å². The van der Waals surface area contributed by atoms with Crippen LogP contribution in [0.25, 0.3) is 11.4 Å². The molecule has 0 spiro atoms. The van der Waals surface area contributed by atoms with Crippen LogP contribution in [0.1, 0.15) is 5.56 Å². The lowest BCUT2D eigenvalue weighted by molar-refractivity contribution is 1.16. The molecular formula is C11H6Br2Cl2N2. The maximum Gasteiger partial charge on any atom is 0.162 e. The topological polar surface area (TPSA) is 25.8 Å². The summed E-state index contributed by atoms with van der Waals surface area (Å²) >= 11 is 18.6. The molecule has 0 N–H and O–H groups in total. The van der Waals surface area contributed by atoms with Crippen molar-refractivity contribution in [2.24, 2.45) is 0 Å². The molecule has 0 aliphatic rings. The second-order valence-electron chi connectivity index (χ2n) is 3.41. The summed E-state index contributed by atoms with van der Waals surface area (Å²) in [5.74, 6) is 0.513. The Balaban J connectivity index is 2.57. The second kappa shape index (κ2) is 5.22. The van der Waals surface area contributed by atoms with E-state index in [9.17, 15) is 0 Å². The average molecular weight is 397 g/mol. The van der Waals surface area contributed by atoms with Gasteiger partial charge in [0.1, 0.15) is 10.3 Å². The smallest absolute Gasteiger partial charge is 0.162 e. The Morgan fingerprint density at radius 3 is 2.18 bits per heavy atom. The number of halogens is 4. The van der Waals surface area contributed by atoms with E-state index in [0.29, 0.717) is 20.6 Å². The summed E-state index contributed by atoms with van der Waals surface area (Å²) in [6, 6.07) is 5.82. The molecule has 0 saturated carbocycles. The molecule has 0 amide bonds. The quantitative estimate of drug-likeness (QED) is 0.612. The Morgan fingerprint density at radius 2 is 1.65 bits per heavy atom. The molecule has 17 heavy (non-hydrogen) atoms. The van der Waals surface area contributed by atoms with Crippen LogP contribution in [0.15, 0.2) is 27.1 Å². The summed E-state index contributed by atoms with van der Waals surface area (Å²) in [7, 11) is 0. The Kier molecular flexibility index (Phi) is 4.08. The van der Waals surface area contributed by atoms with E-state index in [2.05, 4.69) is 41.8 Å². The lowest BCUT2D eigenvalue weighted by atomic mass is 10.1. The first-order valence-electron chi connectivity index (χ1n) is 4.64. The van der Waals surface area contributed by atoms with Gasteiger partial charge in [-0.3, -0.25) is 0 Å². The zero-order valence-corrected chi connectivity index (χ0v) is 13.3. The SMILES string of the molecule is Cc1cc(-c2nc(Cl)c(Br)c(Cl)n2)ccc1Br. The van der Waals surface area contributed by atoms with Gasteiger partial charge in [0.05, 0.1) is 4.47 Å². The highest BCUT2D eigenvalue weighted by molar-refractivity contribution is 9.11. The van der Waals surface area contributed by atoms with Gasteiger partial charge in [0.2, 0.25) is 0 Å². The summed E-state index contributed by atoms with van der Waals surface area (Å²) in [6.07, 6.45) is 0. The minimum Gasteiger partial charge on any atom is -0.215 e. The predicted molar refractivity (Wildman–Crippen MR) is 77.6 cm³/mol. The molecule has 1 heterocycles. The molecule has 0 unspecified atom stereocenters. The third kappa shape index (κ3) is 2.81. The summed E-state index contributed by atoms with van der Waals surface area (Å²) in [5, 5.41) is 0.612. The zero-order valence-electron chi connectivity index (χ0n) is 8.64. The fourth-order valence-corrected chi connectivity index (χ4v) is 2.12. The molecule has 2 nitrogen and oxygen atoms in total. The number of aryl methyl sites for hydroxylation is 1. The second-order valence-corrected chi connectivity index (χ2v) is 5.77. The molecule has 1 aromatic carbocycles. The first-order valence-corrected chi connectivity index (χ1v) is 6.98. The normalized spacial score (nSPS) is 10.6. The molecule has 0 radical (unpaired) electrons. The van der Waals surface area contributed by atoms with Crippen molar-refractivity contribution in [3.8, 4) is 11.4 Å². The number of nitrogens with zero attached hydrogens (tertiary/aromatic N) is 2. The van der Waals surface area contributed by atoms with Crippen molar-refractivity contribution in [3.05, 3.63) is 43.0 Å². The van der Waals surface area contributed by atoms with Crippen LogP contribution in [0.5, 0.6) is 0 Å². The monoisotopic (exact) mass is 394 g/mol. The number of rotatable bonds is 1. The van der Waals surface area contributed by atoms with E-state index in [1.54, 1.807) is 0 Å². The van der Waals surface area contributed by atoms with Crippen molar-refractivity contribution < 1.29 is 0 Å². The van der Waals surface area contributed by atoms with Gasteiger partial charge in [-0.2, -0.15) is 0 Å². The number of aromatic nitrogens is 2. The summed E-state index contributed by atoms with van der Waals surface area (Å²) in [5.41, 5.74) is 1.98. The molecule has 6 heteroatoms. The van der Waals surface area contributed by atoms with Crippen molar-refractivity contribution in [1.29, 1.82) is 0 Å². The van der Waals surface area contributed by atoms with Gasteiger partial charge in [-0.05, 0) is 40.5 Å². The standard InChI is InChI=1S/C11H6Br2Cl2N2/c1-5-4-6(2-3-7(5)12)11-16-9(14)8(13)10(15)17-11/h2-4H,1H3. The Hall–Kier alpha value is -0.160. The minimum absolute atomic E-state index is 0.306. The molecule has 0 bridgehead atoms. The lowest BCUT2D eigenvalue weighted by Gasteiger charge is -2.05. The van der Waals surface area contributed by atoms with Crippen LogP contribution in [-0.2, 0) is 0 Å². The number of hydrogen-bond donors (Lipinski definition) is 0. The average Bonchev–Trinajstić information content (AvgIpc) is 2.29. The molecule has 2 aromatic rings. The third-order valence-corrected chi connectivity index (χ3v) is 4.83. The van der Waals surface area contributed by atoms with Gasteiger partial charge in [-0.1, -0.05) is 45.2 Å². The molecule has 0 saturated heterocycles. The van der Waals surface area contributed by atoms with Crippen LogP contribution in [-0.4, -0.2) is 9.97 Å². The van der Waals surface area contributed by atoms with E-state index in [-0.39, 0.29) is 0 Å². The van der Waals surface area contributed by atoms with E-state index < -0.39 is 0 Å². The maximum atomic E-state index is 5.95. The fourth-order valence-electron chi connectivity index (χ4n) is 1.31. The fraction of sp³-hybridized carbons (Fsp3) is 0.0909. The minimum atomic E-state index is 0.306. The Labute approximate surface area is 126 Å². The van der Waals surface area contributed by atoms with Crippen molar-refractivity contribution in [2.75, 3.05) is 0 Å².